The van der Waals surface area contributed by atoms with Crippen molar-refractivity contribution in [1.82, 2.24) is 0 Å². The number of amides is 2. The minimum absolute atomic E-state index is 0.0601. The van der Waals surface area contributed by atoms with Crippen LogP contribution < -0.4 is 15.8 Å². The molecule has 0 aliphatic heterocycles. The smallest absolute Gasteiger partial charge is 0.255 e. The Hall–Kier alpha value is -2.89. The molecule has 1 fully saturated rings. The molecule has 2 aromatic rings. The van der Waals surface area contributed by atoms with E-state index in [1.54, 1.807) is 36.4 Å². The Morgan fingerprint density at radius 2 is 1.79 bits per heavy atom. The van der Waals surface area contributed by atoms with Gasteiger partial charge in [0.1, 0.15) is 11.6 Å². The van der Waals surface area contributed by atoms with Gasteiger partial charge in [-0.25, -0.2) is 4.39 Å². The van der Waals surface area contributed by atoms with Crippen LogP contribution in [0.2, 0.25) is 0 Å². The monoisotopic (exact) mass is 328 g/mol. The average molecular weight is 328 g/mol. The Bertz CT molecular complexity index is 744. The molecule has 0 heterocycles. The van der Waals surface area contributed by atoms with Crippen LogP contribution in [-0.2, 0) is 9.59 Å². The normalized spacial score (nSPS) is 18.7. The second kappa shape index (κ2) is 6.70. The lowest BCUT2D eigenvalue weighted by Crippen LogP contribution is -2.20. The molecular weight excluding hydrogens is 311 g/mol. The van der Waals surface area contributed by atoms with Crippen molar-refractivity contribution in [3.05, 3.63) is 59.9 Å². The Labute approximate surface area is 138 Å². The summed E-state index contributed by atoms with van der Waals surface area (Å²) in [6.07, 6.45) is 0.761. The Morgan fingerprint density at radius 3 is 2.42 bits per heavy atom. The number of nitrogens with one attached hydrogen (secondary N) is 1. The molecule has 0 bridgehead atoms. The van der Waals surface area contributed by atoms with Crippen LogP contribution in [0.15, 0.2) is 48.5 Å². The van der Waals surface area contributed by atoms with Crippen LogP contribution in [0.3, 0.4) is 0 Å². The molecule has 0 aromatic heterocycles. The van der Waals surface area contributed by atoms with Gasteiger partial charge in [0.25, 0.3) is 5.91 Å². The van der Waals surface area contributed by atoms with Gasteiger partial charge in [0.05, 0.1) is 0 Å². The summed E-state index contributed by atoms with van der Waals surface area (Å²) in [5.74, 6) is -0.338. The first kappa shape index (κ1) is 16.0. The van der Waals surface area contributed by atoms with Gasteiger partial charge in [-0.3, -0.25) is 9.59 Å². The molecule has 124 valence electrons. The summed E-state index contributed by atoms with van der Waals surface area (Å²) < 4.78 is 18.1. The van der Waals surface area contributed by atoms with Crippen molar-refractivity contribution in [2.24, 2.45) is 11.7 Å². The highest BCUT2D eigenvalue weighted by Gasteiger charge is 2.43. The standard InChI is InChI=1S/C18H17FN2O3/c19-12-3-1-11(2-4-12)15-9-16(15)18(23)21-13-5-7-14(8-6-13)24-10-17(20)22/h1-8,15-16H,9-10H2,(H2,20,22)(H,21,23). The number of benzene rings is 2. The number of carbonyl (C=O) groups is 2. The predicted molar refractivity (Wildman–Crippen MR) is 87.0 cm³/mol. The molecule has 2 unspecified atom stereocenters. The van der Waals surface area contributed by atoms with Crippen LogP contribution >= 0.6 is 0 Å². The number of hydrogen-bond acceptors (Lipinski definition) is 3. The molecule has 1 aliphatic rings. The number of primary amides is 1. The van der Waals surface area contributed by atoms with E-state index < -0.39 is 5.91 Å². The Balaban J connectivity index is 1.54. The topological polar surface area (TPSA) is 81.4 Å². The lowest BCUT2D eigenvalue weighted by atomic mass is 10.1. The van der Waals surface area contributed by atoms with Crippen molar-refractivity contribution < 1.29 is 18.7 Å². The third-order valence-corrected chi connectivity index (χ3v) is 3.93. The van der Waals surface area contributed by atoms with E-state index >= 15 is 0 Å². The van der Waals surface area contributed by atoms with Crippen LogP contribution in [0.25, 0.3) is 0 Å². The molecule has 5 nitrogen and oxygen atoms in total. The van der Waals surface area contributed by atoms with Gasteiger partial charge in [-0.1, -0.05) is 12.1 Å². The quantitative estimate of drug-likeness (QED) is 0.854. The highest BCUT2D eigenvalue weighted by molar-refractivity contribution is 5.95. The number of halogens is 1. The molecule has 6 heteroatoms. The SMILES string of the molecule is NC(=O)COc1ccc(NC(=O)C2CC2c2ccc(F)cc2)cc1. The second-order valence-electron chi connectivity index (χ2n) is 5.77. The zero-order valence-corrected chi connectivity index (χ0v) is 12.9. The molecule has 2 aromatic carbocycles. The number of ether oxygens (including phenoxy) is 1. The first-order valence-electron chi connectivity index (χ1n) is 7.60. The number of carbonyl (C=O) groups excluding carboxylic acids is 2. The molecule has 3 N–H and O–H groups in total. The van der Waals surface area contributed by atoms with E-state index in [0.29, 0.717) is 11.4 Å². The van der Waals surface area contributed by atoms with Crippen LogP contribution in [0.1, 0.15) is 17.9 Å². The fraction of sp³-hybridized carbons (Fsp3) is 0.222. The van der Waals surface area contributed by atoms with Gasteiger partial charge in [-0.15, -0.1) is 0 Å². The predicted octanol–water partition coefficient (Wildman–Crippen LogP) is 2.43. The minimum Gasteiger partial charge on any atom is -0.484 e. The van der Waals surface area contributed by atoms with Gasteiger partial charge in [-0.2, -0.15) is 0 Å². The molecule has 2 atom stereocenters. The van der Waals surface area contributed by atoms with Gasteiger partial charge in [-0.05, 0) is 54.3 Å². The zero-order valence-electron chi connectivity index (χ0n) is 12.9. The number of nitrogens with two attached hydrogens (primary N) is 1. The van der Waals surface area contributed by atoms with Crippen molar-refractivity contribution in [3.8, 4) is 5.75 Å². The van der Waals surface area contributed by atoms with E-state index in [9.17, 15) is 14.0 Å². The van der Waals surface area contributed by atoms with Crippen LogP contribution in [0.4, 0.5) is 10.1 Å². The second-order valence-corrected chi connectivity index (χ2v) is 5.77. The van der Waals surface area contributed by atoms with Gasteiger partial charge < -0.3 is 15.8 Å². The van der Waals surface area contributed by atoms with Gasteiger partial charge in [0.15, 0.2) is 6.61 Å². The summed E-state index contributed by atoms with van der Waals surface area (Å²) in [5, 5.41) is 2.85. The number of rotatable bonds is 6. The third-order valence-electron chi connectivity index (χ3n) is 3.93. The number of anilines is 1. The fourth-order valence-electron chi connectivity index (χ4n) is 2.59. The molecule has 2 amide bonds. The number of hydrogen-bond donors (Lipinski definition) is 2. The van der Waals surface area contributed by atoms with Crippen LogP contribution in [-0.4, -0.2) is 18.4 Å². The summed E-state index contributed by atoms with van der Waals surface area (Å²) in [4.78, 5) is 22.9. The zero-order chi connectivity index (χ0) is 17.1. The molecule has 3 rings (SSSR count). The largest absolute Gasteiger partial charge is 0.484 e. The van der Waals surface area contributed by atoms with Crippen molar-refractivity contribution in [1.29, 1.82) is 0 Å². The molecule has 0 spiro atoms. The van der Waals surface area contributed by atoms with E-state index in [2.05, 4.69) is 5.32 Å². The highest BCUT2D eigenvalue weighted by Crippen LogP contribution is 2.48. The highest BCUT2D eigenvalue weighted by atomic mass is 19.1. The van der Waals surface area contributed by atoms with E-state index in [1.807, 2.05) is 0 Å². The summed E-state index contributed by atoms with van der Waals surface area (Å²) in [7, 11) is 0. The molecule has 0 saturated heterocycles. The summed E-state index contributed by atoms with van der Waals surface area (Å²) in [6, 6.07) is 13.0. The average Bonchev–Trinajstić information content (AvgIpc) is 3.35. The fourth-order valence-corrected chi connectivity index (χ4v) is 2.59. The molecular formula is C18H17FN2O3. The molecule has 24 heavy (non-hydrogen) atoms. The lowest BCUT2D eigenvalue weighted by molar-refractivity contribution is -0.120. The lowest BCUT2D eigenvalue weighted by Gasteiger charge is -2.07. The first-order chi connectivity index (χ1) is 11.5. The first-order valence-corrected chi connectivity index (χ1v) is 7.60. The molecule has 1 saturated carbocycles. The van der Waals surface area contributed by atoms with Crippen LogP contribution in [0, 0.1) is 11.7 Å². The summed E-state index contributed by atoms with van der Waals surface area (Å²) in [5.41, 5.74) is 6.63. The van der Waals surface area contributed by atoms with Crippen LogP contribution in [0.5, 0.6) is 5.75 Å². The van der Waals surface area contributed by atoms with E-state index in [1.165, 1.54) is 12.1 Å². The molecule has 0 radical (unpaired) electrons. The van der Waals surface area contributed by atoms with Gasteiger partial charge in [0.2, 0.25) is 5.91 Å². The Kier molecular flexibility index (Phi) is 4.46. The van der Waals surface area contributed by atoms with E-state index in [4.69, 9.17) is 10.5 Å². The Morgan fingerprint density at radius 1 is 1.12 bits per heavy atom. The van der Waals surface area contributed by atoms with Crippen molar-refractivity contribution in [2.45, 2.75) is 12.3 Å². The maximum absolute atomic E-state index is 12.9. The van der Waals surface area contributed by atoms with Crippen molar-refractivity contribution in [3.63, 3.8) is 0 Å². The maximum Gasteiger partial charge on any atom is 0.255 e. The summed E-state index contributed by atoms with van der Waals surface area (Å²) in [6.45, 7) is -0.187. The third kappa shape index (κ3) is 3.90. The van der Waals surface area contributed by atoms with E-state index in [0.717, 1.165) is 12.0 Å². The minimum atomic E-state index is -0.548. The maximum atomic E-state index is 12.9. The summed E-state index contributed by atoms with van der Waals surface area (Å²) >= 11 is 0. The van der Waals surface area contributed by atoms with E-state index in [-0.39, 0.29) is 30.2 Å². The van der Waals surface area contributed by atoms with Gasteiger partial charge >= 0.3 is 0 Å². The van der Waals surface area contributed by atoms with Crippen molar-refractivity contribution in [2.75, 3.05) is 11.9 Å². The van der Waals surface area contributed by atoms with Gasteiger partial charge in [0, 0.05) is 11.6 Å². The molecule has 1 aliphatic carbocycles. The van der Waals surface area contributed by atoms with Crippen molar-refractivity contribution >= 4 is 17.5 Å².